The van der Waals surface area contributed by atoms with Crippen molar-refractivity contribution in [3.05, 3.63) is 35.9 Å². The Hall–Kier alpha value is -1.39. The highest BCUT2D eigenvalue weighted by atomic mass is 16.2. The van der Waals surface area contributed by atoms with Gasteiger partial charge in [-0.3, -0.25) is 9.69 Å². The lowest BCUT2D eigenvalue weighted by atomic mass is 9.95. The van der Waals surface area contributed by atoms with E-state index in [0.717, 1.165) is 18.5 Å². The lowest BCUT2D eigenvalue weighted by Crippen LogP contribution is -2.48. The molecule has 3 atom stereocenters. The van der Waals surface area contributed by atoms with E-state index in [1.54, 1.807) is 0 Å². The van der Waals surface area contributed by atoms with E-state index in [2.05, 4.69) is 10.2 Å². The molecule has 3 N–H and O–H groups in total. The van der Waals surface area contributed by atoms with E-state index >= 15 is 0 Å². The van der Waals surface area contributed by atoms with Gasteiger partial charge in [0.25, 0.3) is 0 Å². The molecule has 4 nitrogen and oxygen atoms in total. The zero-order valence-electron chi connectivity index (χ0n) is 12.5. The number of carbonyl (C=O) groups excluding carboxylic acids is 1. The maximum absolute atomic E-state index is 12.6. The van der Waals surface area contributed by atoms with Crippen LogP contribution in [0.25, 0.3) is 0 Å². The molecule has 3 unspecified atom stereocenters. The Morgan fingerprint density at radius 1 is 1.24 bits per heavy atom. The van der Waals surface area contributed by atoms with Crippen LogP contribution in [-0.2, 0) is 4.79 Å². The highest BCUT2D eigenvalue weighted by Gasteiger charge is 2.37. The van der Waals surface area contributed by atoms with Gasteiger partial charge in [0.1, 0.15) is 0 Å². The molecule has 0 spiro atoms. The van der Waals surface area contributed by atoms with Crippen LogP contribution in [0.3, 0.4) is 0 Å². The molecule has 3 rings (SSSR count). The van der Waals surface area contributed by atoms with Crippen LogP contribution in [0, 0.1) is 0 Å². The van der Waals surface area contributed by atoms with Crippen molar-refractivity contribution in [1.29, 1.82) is 0 Å². The largest absolute Gasteiger partial charge is 0.351 e. The predicted molar refractivity (Wildman–Crippen MR) is 84.0 cm³/mol. The number of nitrogens with zero attached hydrogens (tertiary/aromatic N) is 1. The number of piperidine rings is 1. The van der Waals surface area contributed by atoms with Gasteiger partial charge in [-0.1, -0.05) is 36.8 Å². The van der Waals surface area contributed by atoms with Crippen LogP contribution in [0.15, 0.2) is 30.3 Å². The number of carbonyl (C=O) groups is 1. The third-order valence-corrected chi connectivity index (χ3v) is 4.94. The molecule has 2 aliphatic rings. The summed E-state index contributed by atoms with van der Waals surface area (Å²) in [6.07, 6.45) is 4.87. The Kier molecular flexibility index (Phi) is 4.56. The summed E-state index contributed by atoms with van der Waals surface area (Å²) in [7, 11) is 0. The number of hydrogen-bond donors (Lipinski definition) is 2. The second kappa shape index (κ2) is 6.58. The van der Waals surface area contributed by atoms with Gasteiger partial charge in [-0.05, 0) is 31.4 Å². The molecule has 21 heavy (non-hydrogen) atoms. The average molecular weight is 287 g/mol. The molecule has 0 radical (unpaired) electrons. The Labute approximate surface area is 126 Å². The Morgan fingerprint density at radius 2 is 2.05 bits per heavy atom. The first kappa shape index (κ1) is 14.5. The Morgan fingerprint density at radius 3 is 2.81 bits per heavy atom. The van der Waals surface area contributed by atoms with E-state index in [1.807, 2.05) is 30.3 Å². The SMILES string of the molecule is NCC(C(=O)NC1CCN2CCCCC12)c1ccccc1. The summed E-state index contributed by atoms with van der Waals surface area (Å²) >= 11 is 0. The van der Waals surface area contributed by atoms with Crippen LogP contribution in [-0.4, -0.2) is 42.5 Å². The molecule has 2 aliphatic heterocycles. The van der Waals surface area contributed by atoms with E-state index < -0.39 is 0 Å². The second-order valence-corrected chi connectivity index (χ2v) is 6.20. The van der Waals surface area contributed by atoms with Crippen molar-refractivity contribution < 1.29 is 4.79 Å². The highest BCUT2D eigenvalue weighted by molar-refractivity contribution is 5.84. The Bertz CT molecular complexity index is 476. The Balaban J connectivity index is 1.65. The number of hydrogen-bond acceptors (Lipinski definition) is 3. The number of nitrogens with two attached hydrogens (primary N) is 1. The van der Waals surface area contributed by atoms with Gasteiger partial charge in [-0.2, -0.15) is 0 Å². The zero-order valence-corrected chi connectivity index (χ0v) is 12.5. The van der Waals surface area contributed by atoms with Gasteiger partial charge in [0, 0.05) is 25.2 Å². The summed E-state index contributed by atoms with van der Waals surface area (Å²) < 4.78 is 0. The molecule has 1 aromatic carbocycles. The summed E-state index contributed by atoms with van der Waals surface area (Å²) in [5, 5.41) is 3.27. The molecular weight excluding hydrogens is 262 g/mol. The minimum Gasteiger partial charge on any atom is -0.351 e. The summed E-state index contributed by atoms with van der Waals surface area (Å²) in [6.45, 7) is 2.67. The van der Waals surface area contributed by atoms with Gasteiger partial charge in [0.05, 0.1) is 5.92 Å². The summed E-state index contributed by atoms with van der Waals surface area (Å²) in [6, 6.07) is 10.7. The minimum atomic E-state index is -0.233. The number of rotatable bonds is 4. The monoisotopic (exact) mass is 287 g/mol. The summed E-state index contributed by atoms with van der Waals surface area (Å²) in [5.74, 6) is -0.148. The van der Waals surface area contributed by atoms with E-state index in [4.69, 9.17) is 5.73 Å². The number of amides is 1. The third kappa shape index (κ3) is 3.11. The lowest BCUT2D eigenvalue weighted by Gasteiger charge is -2.33. The van der Waals surface area contributed by atoms with Gasteiger partial charge in [-0.15, -0.1) is 0 Å². The summed E-state index contributed by atoms with van der Waals surface area (Å²) in [5.41, 5.74) is 6.85. The van der Waals surface area contributed by atoms with E-state index in [9.17, 15) is 4.79 Å². The minimum absolute atomic E-state index is 0.0844. The van der Waals surface area contributed by atoms with Crippen LogP contribution in [0.5, 0.6) is 0 Å². The van der Waals surface area contributed by atoms with Crippen LogP contribution < -0.4 is 11.1 Å². The maximum Gasteiger partial charge on any atom is 0.229 e. The van der Waals surface area contributed by atoms with Crippen molar-refractivity contribution in [2.45, 2.75) is 43.7 Å². The van der Waals surface area contributed by atoms with Crippen LogP contribution in [0.4, 0.5) is 0 Å². The van der Waals surface area contributed by atoms with Crippen molar-refractivity contribution in [2.75, 3.05) is 19.6 Å². The van der Waals surface area contributed by atoms with Gasteiger partial charge in [-0.25, -0.2) is 0 Å². The second-order valence-electron chi connectivity index (χ2n) is 6.20. The standard InChI is InChI=1S/C17H25N3O/c18-12-14(13-6-2-1-3-7-13)17(21)19-15-9-11-20-10-5-4-8-16(15)20/h1-3,6-7,14-16H,4-5,8-12,18H2,(H,19,21). The summed E-state index contributed by atoms with van der Waals surface area (Å²) in [4.78, 5) is 15.1. The normalized spacial score (nSPS) is 27.1. The fourth-order valence-corrected chi connectivity index (χ4v) is 3.78. The molecule has 0 aliphatic carbocycles. The molecule has 2 heterocycles. The van der Waals surface area contributed by atoms with Gasteiger partial charge in [0.2, 0.25) is 5.91 Å². The first-order valence-corrected chi connectivity index (χ1v) is 8.09. The fourth-order valence-electron chi connectivity index (χ4n) is 3.78. The molecule has 2 saturated heterocycles. The number of benzene rings is 1. The number of fused-ring (bicyclic) bond motifs is 1. The van der Waals surface area contributed by atoms with Crippen molar-refractivity contribution in [3.8, 4) is 0 Å². The highest BCUT2D eigenvalue weighted by Crippen LogP contribution is 2.27. The number of nitrogens with one attached hydrogen (secondary N) is 1. The molecule has 2 fully saturated rings. The molecule has 0 aromatic heterocycles. The molecule has 1 aromatic rings. The van der Waals surface area contributed by atoms with Crippen molar-refractivity contribution in [2.24, 2.45) is 5.73 Å². The van der Waals surface area contributed by atoms with Crippen LogP contribution in [0.2, 0.25) is 0 Å². The quantitative estimate of drug-likeness (QED) is 0.882. The van der Waals surface area contributed by atoms with Gasteiger partial charge in [0.15, 0.2) is 0 Å². The van der Waals surface area contributed by atoms with Crippen LogP contribution >= 0.6 is 0 Å². The van der Waals surface area contributed by atoms with E-state index in [-0.39, 0.29) is 11.8 Å². The molecule has 4 heteroatoms. The molecule has 0 saturated carbocycles. The first-order valence-electron chi connectivity index (χ1n) is 8.09. The smallest absolute Gasteiger partial charge is 0.229 e. The zero-order chi connectivity index (χ0) is 14.7. The van der Waals surface area contributed by atoms with E-state index in [0.29, 0.717) is 18.6 Å². The molecule has 1 amide bonds. The molecule has 0 bridgehead atoms. The molecule has 114 valence electrons. The van der Waals surface area contributed by atoms with Crippen LogP contribution in [0.1, 0.15) is 37.2 Å². The van der Waals surface area contributed by atoms with E-state index in [1.165, 1.54) is 25.8 Å². The van der Waals surface area contributed by atoms with Gasteiger partial charge < -0.3 is 11.1 Å². The first-order chi connectivity index (χ1) is 10.3. The van der Waals surface area contributed by atoms with Crippen molar-refractivity contribution >= 4 is 5.91 Å². The lowest BCUT2D eigenvalue weighted by molar-refractivity contribution is -0.123. The predicted octanol–water partition coefficient (Wildman–Crippen LogP) is 1.47. The topological polar surface area (TPSA) is 58.4 Å². The van der Waals surface area contributed by atoms with Crippen molar-refractivity contribution in [3.63, 3.8) is 0 Å². The average Bonchev–Trinajstić information content (AvgIpc) is 2.92. The fraction of sp³-hybridized carbons (Fsp3) is 0.588. The molecular formula is C17H25N3O. The van der Waals surface area contributed by atoms with Crippen molar-refractivity contribution in [1.82, 2.24) is 10.2 Å². The maximum atomic E-state index is 12.6. The third-order valence-electron chi connectivity index (χ3n) is 4.94. The van der Waals surface area contributed by atoms with Gasteiger partial charge >= 0.3 is 0 Å².